The number of hydrogen-bond donors (Lipinski definition) is 1. The fourth-order valence-corrected chi connectivity index (χ4v) is 3.51. The zero-order valence-corrected chi connectivity index (χ0v) is 15.3. The molecule has 1 aliphatic rings. The zero-order chi connectivity index (χ0) is 19.4. The third-order valence-electron chi connectivity index (χ3n) is 5.18. The summed E-state index contributed by atoms with van der Waals surface area (Å²) >= 11 is 0. The van der Waals surface area contributed by atoms with Gasteiger partial charge in [0.25, 0.3) is 0 Å². The van der Waals surface area contributed by atoms with Crippen molar-refractivity contribution < 1.29 is 19.1 Å². The molecule has 0 saturated carbocycles. The van der Waals surface area contributed by atoms with Crippen molar-refractivity contribution in [3.05, 3.63) is 53.6 Å². The molecule has 1 aliphatic heterocycles. The summed E-state index contributed by atoms with van der Waals surface area (Å²) in [7, 11) is 0. The maximum atomic E-state index is 13.2. The van der Waals surface area contributed by atoms with E-state index in [4.69, 9.17) is 5.11 Å². The van der Waals surface area contributed by atoms with Gasteiger partial charge < -0.3 is 10.0 Å². The first kappa shape index (κ1) is 19.1. The number of aromatic nitrogens is 2. The van der Waals surface area contributed by atoms with Crippen LogP contribution in [0, 0.1) is 11.7 Å². The summed E-state index contributed by atoms with van der Waals surface area (Å²) in [5.74, 6) is -1.23. The van der Waals surface area contributed by atoms with E-state index < -0.39 is 5.97 Å². The minimum Gasteiger partial charge on any atom is -0.478 e. The highest BCUT2D eigenvalue weighted by molar-refractivity contribution is 5.86. The third kappa shape index (κ3) is 4.72. The van der Waals surface area contributed by atoms with Crippen molar-refractivity contribution in [1.82, 2.24) is 14.7 Å². The Morgan fingerprint density at radius 3 is 2.70 bits per heavy atom. The molecule has 1 aromatic carbocycles. The first-order valence-corrected chi connectivity index (χ1v) is 9.24. The largest absolute Gasteiger partial charge is 0.478 e. The molecule has 0 spiro atoms. The van der Waals surface area contributed by atoms with Crippen LogP contribution in [0.2, 0.25) is 0 Å². The van der Waals surface area contributed by atoms with Crippen LogP contribution >= 0.6 is 0 Å². The van der Waals surface area contributed by atoms with Gasteiger partial charge in [-0.1, -0.05) is 19.1 Å². The van der Waals surface area contributed by atoms with Crippen molar-refractivity contribution in [2.45, 2.75) is 38.6 Å². The number of hydrogen-bond acceptors (Lipinski definition) is 3. The number of piperidine rings is 1. The van der Waals surface area contributed by atoms with Crippen molar-refractivity contribution in [3.8, 4) is 0 Å². The van der Waals surface area contributed by atoms with Crippen molar-refractivity contribution in [1.29, 1.82) is 0 Å². The Morgan fingerprint density at radius 2 is 2.07 bits per heavy atom. The second-order valence-electron chi connectivity index (χ2n) is 7.14. The van der Waals surface area contributed by atoms with E-state index in [9.17, 15) is 14.0 Å². The smallest absolute Gasteiger partial charge is 0.338 e. The Hall–Kier alpha value is -2.70. The fourth-order valence-electron chi connectivity index (χ4n) is 3.51. The molecule has 1 unspecified atom stereocenters. The predicted octanol–water partition coefficient (Wildman–Crippen LogP) is 3.15. The zero-order valence-electron chi connectivity index (χ0n) is 15.3. The molecule has 1 saturated heterocycles. The quantitative estimate of drug-likeness (QED) is 0.844. The normalized spacial score (nSPS) is 16.3. The second-order valence-corrected chi connectivity index (χ2v) is 7.14. The van der Waals surface area contributed by atoms with Gasteiger partial charge in [-0.15, -0.1) is 0 Å². The number of carboxylic acid groups (broad SMARTS) is 1. The molecule has 0 bridgehead atoms. The molecule has 1 fully saturated rings. The first-order chi connectivity index (χ1) is 12.9. The summed E-state index contributed by atoms with van der Waals surface area (Å²) in [6, 6.07) is 6.61. The number of likely N-dealkylation sites (tertiary alicyclic amines) is 1. The van der Waals surface area contributed by atoms with Crippen molar-refractivity contribution in [2.24, 2.45) is 5.92 Å². The van der Waals surface area contributed by atoms with E-state index in [0.29, 0.717) is 25.9 Å². The van der Waals surface area contributed by atoms with E-state index in [1.807, 2.05) is 17.9 Å². The molecule has 1 atom stereocenters. The lowest BCUT2D eigenvalue weighted by Gasteiger charge is -2.33. The lowest BCUT2D eigenvalue weighted by Crippen LogP contribution is -2.41. The number of aryl methyl sites for hydroxylation is 1. The molecular formula is C20H24FN3O3. The Balaban J connectivity index is 1.49. The number of carboxylic acids is 1. The number of nitrogens with zero attached hydrogens (tertiary/aromatic N) is 3. The van der Waals surface area contributed by atoms with Crippen molar-refractivity contribution in [2.75, 3.05) is 13.1 Å². The lowest BCUT2D eigenvalue weighted by molar-refractivity contribution is -0.136. The Kier molecular flexibility index (Phi) is 5.88. The SMILES string of the molecule is CC(CCc1cccc(F)c1)C(=O)N1CCC(n2cc(C(=O)O)cn2)CC1. The maximum Gasteiger partial charge on any atom is 0.338 e. The molecule has 0 aliphatic carbocycles. The average molecular weight is 373 g/mol. The topological polar surface area (TPSA) is 75.4 Å². The number of carbonyl (C=O) groups is 2. The highest BCUT2D eigenvalue weighted by atomic mass is 19.1. The standard InChI is InChI=1S/C20H24FN3O3/c1-14(5-6-15-3-2-4-17(21)11-15)19(25)23-9-7-18(8-10-23)24-13-16(12-22-24)20(26)27/h2-4,11-14,18H,5-10H2,1H3,(H,26,27). The molecule has 1 N–H and O–H groups in total. The summed E-state index contributed by atoms with van der Waals surface area (Å²) in [5.41, 5.74) is 1.08. The van der Waals surface area contributed by atoms with Crippen LogP contribution in [0.3, 0.4) is 0 Å². The molecule has 144 valence electrons. The van der Waals surface area contributed by atoms with Crippen LogP contribution in [0.15, 0.2) is 36.7 Å². The van der Waals surface area contributed by atoms with Gasteiger partial charge >= 0.3 is 5.97 Å². The molecule has 6 nitrogen and oxygen atoms in total. The number of benzene rings is 1. The first-order valence-electron chi connectivity index (χ1n) is 9.24. The van der Waals surface area contributed by atoms with Gasteiger partial charge in [-0.25, -0.2) is 9.18 Å². The van der Waals surface area contributed by atoms with Crippen LogP contribution in [0.25, 0.3) is 0 Å². The molecule has 2 heterocycles. The average Bonchev–Trinajstić information content (AvgIpc) is 3.16. The Bertz CT molecular complexity index is 812. The molecular weight excluding hydrogens is 349 g/mol. The van der Waals surface area contributed by atoms with Gasteiger partial charge in [0.1, 0.15) is 5.82 Å². The van der Waals surface area contributed by atoms with Crippen LogP contribution in [0.1, 0.15) is 48.1 Å². The maximum absolute atomic E-state index is 13.2. The molecule has 7 heteroatoms. The number of carbonyl (C=O) groups excluding carboxylic acids is 1. The molecule has 27 heavy (non-hydrogen) atoms. The molecule has 1 amide bonds. The highest BCUT2D eigenvalue weighted by Gasteiger charge is 2.27. The van der Waals surface area contributed by atoms with Crippen LogP contribution in [-0.4, -0.2) is 44.8 Å². The molecule has 2 aromatic rings. The summed E-state index contributed by atoms with van der Waals surface area (Å²) < 4.78 is 14.9. The van der Waals surface area contributed by atoms with E-state index in [2.05, 4.69) is 5.10 Å². The second kappa shape index (κ2) is 8.33. The predicted molar refractivity (Wildman–Crippen MR) is 97.9 cm³/mol. The fraction of sp³-hybridized carbons (Fsp3) is 0.450. The van der Waals surface area contributed by atoms with E-state index in [1.54, 1.807) is 16.9 Å². The summed E-state index contributed by atoms with van der Waals surface area (Å²) in [6.45, 7) is 3.19. The van der Waals surface area contributed by atoms with Crippen molar-refractivity contribution >= 4 is 11.9 Å². The minimum atomic E-state index is -0.985. The molecule has 3 rings (SSSR count). The summed E-state index contributed by atoms with van der Waals surface area (Å²) in [4.78, 5) is 25.5. The highest BCUT2D eigenvalue weighted by Crippen LogP contribution is 2.24. The van der Waals surface area contributed by atoms with Crippen LogP contribution in [0.5, 0.6) is 0 Å². The number of rotatable bonds is 6. The molecule has 0 radical (unpaired) electrons. The monoisotopic (exact) mass is 373 g/mol. The van der Waals surface area contributed by atoms with Gasteiger partial charge in [0.2, 0.25) is 5.91 Å². The summed E-state index contributed by atoms with van der Waals surface area (Å²) in [5, 5.41) is 13.1. The van der Waals surface area contributed by atoms with E-state index >= 15 is 0 Å². The number of aromatic carboxylic acids is 1. The van der Waals surface area contributed by atoms with Crippen LogP contribution in [0.4, 0.5) is 4.39 Å². The van der Waals surface area contributed by atoms with Crippen molar-refractivity contribution in [3.63, 3.8) is 0 Å². The number of halogens is 1. The Labute approximate surface area is 157 Å². The lowest BCUT2D eigenvalue weighted by atomic mass is 9.97. The van der Waals surface area contributed by atoms with Crippen LogP contribution in [-0.2, 0) is 11.2 Å². The summed E-state index contributed by atoms with van der Waals surface area (Å²) in [6.07, 6.45) is 5.77. The van der Waals surface area contributed by atoms with Gasteiger partial charge in [-0.05, 0) is 43.4 Å². The van der Waals surface area contributed by atoms with Gasteiger partial charge in [0.05, 0.1) is 17.8 Å². The third-order valence-corrected chi connectivity index (χ3v) is 5.18. The van der Waals surface area contributed by atoms with Gasteiger partial charge in [0, 0.05) is 25.2 Å². The van der Waals surface area contributed by atoms with Gasteiger partial charge in [-0.3, -0.25) is 9.48 Å². The van der Waals surface area contributed by atoms with E-state index in [-0.39, 0.29) is 29.2 Å². The van der Waals surface area contributed by atoms with E-state index in [0.717, 1.165) is 18.4 Å². The molecule has 1 aromatic heterocycles. The minimum absolute atomic E-state index is 0.116. The van der Waals surface area contributed by atoms with Crippen LogP contribution < -0.4 is 0 Å². The van der Waals surface area contributed by atoms with Gasteiger partial charge in [0.15, 0.2) is 0 Å². The van der Waals surface area contributed by atoms with Gasteiger partial charge in [-0.2, -0.15) is 5.10 Å². The number of amides is 1. The Morgan fingerprint density at radius 1 is 1.33 bits per heavy atom. The van der Waals surface area contributed by atoms with E-state index in [1.165, 1.54) is 18.3 Å².